The summed E-state index contributed by atoms with van der Waals surface area (Å²) >= 11 is 0. The van der Waals surface area contributed by atoms with E-state index in [1.54, 1.807) is 0 Å². The molecule has 1 aromatic carbocycles. The normalized spacial score (nSPS) is 35.1. The maximum absolute atomic E-state index is 12.9. The van der Waals surface area contributed by atoms with Crippen LogP contribution in [-0.2, 0) is 9.59 Å². The highest BCUT2D eigenvalue weighted by atomic mass is 16.2. The molecule has 3 aliphatic rings. The molecule has 0 bridgehead atoms. The minimum atomic E-state index is -0.414. The first-order chi connectivity index (χ1) is 10.2. The zero-order chi connectivity index (χ0) is 14.6. The lowest BCUT2D eigenvalue weighted by atomic mass is 9.98. The summed E-state index contributed by atoms with van der Waals surface area (Å²) in [4.78, 5) is 29.5. The second kappa shape index (κ2) is 4.58. The molecule has 4 rings (SSSR count). The monoisotopic (exact) mass is 284 g/mol. The number of hydrogen-bond donors (Lipinski definition) is 0. The van der Waals surface area contributed by atoms with Crippen LogP contribution in [0.5, 0.6) is 0 Å². The van der Waals surface area contributed by atoms with Crippen LogP contribution in [0.4, 0.5) is 0 Å². The number of rotatable bonds is 2. The first-order valence-corrected chi connectivity index (χ1v) is 7.86. The molecule has 4 unspecified atom stereocenters. The van der Waals surface area contributed by atoms with Gasteiger partial charge in [-0.1, -0.05) is 37.3 Å². The molecular formula is C17H20N2O2. The summed E-state index contributed by atoms with van der Waals surface area (Å²) in [7, 11) is 0. The van der Waals surface area contributed by atoms with Crippen molar-refractivity contribution in [3.8, 4) is 0 Å². The van der Waals surface area contributed by atoms with Gasteiger partial charge in [-0.3, -0.25) is 9.59 Å². The van der Waals surface area contributed by atoms with E-state index in [0.717, 1.165) is 31.4 Å². The van der Waals surface area contributed by atoms with Crippen molar-refractivity contribution < 1.29 is 9.59 Å². The van der Waals surface area contributed by atoms with E-state index in [4.69, 9.17) is 0 Å². The van der Waals surface area contributed by atoms with Gasteiger partial charge in [-0.2, -0.15) is 0 Å². The predicted octanol–water partition coefficient (Wildman–Crippen LogP) is 1.97. The quantitative estimate of drug-likeness (QED) is 0.833. The molecule has 0 N–H and O–H groups in total. The Kier molecular flexibility index (Phi) is 2.81. The molecule has 2 saturated heterocycles. The van der Waals surface area contributed by atoms with E-state index >= 15 is 0 Å². The minimum Gasteiger partial charge on any atom is -0.329 e. The molecule has 1 saturated carbocycles. The van der Waals surface area contributed by atoms with Crippen LogP contribution in [0.3, 0.4) is 0 Å². The van der Waals surface area contributed by atoms with Crippen LogP contribution in [0.2, 0.25) is 0 Å². The second-order valence-corrected chi connectivity index (χ2v) is 6.53. The topological polar surface area (TPSA) is 40.6 Å². The van der Waals surface area contributed by atoms with Crippen LogP contribution < -0.4 is 0 Å². The van der Waals surface area contributed by atoms with E-state index in [1.165, 1.54) is 0 Å². The Labute approximate surface area is 124 Å². The molecule has 2 aliphatic heterocycles. The number of nitrogens with zero attached hydrogens (tertiary/aromatic N) is 2. The zero-order valence-electron chi connectivity index (χ0n) is 12.2. The molecule has 4 heteroatoms. The summed E-state index contributed by atoms with van der Waals surface area (Å²) in [5.41, 5.74) is 0.945. The smallest absolute Gasteiger partial charge is 0.250 e. The number of piperazine rings is 1. The second-order valence-electron chi connectivity index (χ2n) is 6.53. The number of amides is 2. The minimum absolute atomic E-state index is 0.113. The Morgan fingerprint density at radius 2 is 1.81 bits per heavy atom. The molecule has 0 aromatic heterocycles. The van der Waals surface area contributed by atoms with Crippen molar-refractivity contribution in [2.24, 2.45) is 5.92 Å². The highest BCUT2D eigenvalue weighted by Gasteiger charge is 2.54. The van der Waals surface area contributed by atoms with Gasteiger partial charge in [0.1, 0.15) is 12.1 Å². The summed E-state index contributed by atoms with van der Waals surface area (Å²) in [5.74, 6) is 0.790. The van der Waals surface area contributed by atoms with Crippen LogP contribution >= 0.6 is 0 Å². The van der Waals surface area contributed by atoms with Gasteiger partial charge in [-0.05, 0) is 30.7 Å². The number of carbonyl (C=O) groups excluding carboxylic acids is 2. The lowest BCUT2D eigenvalue weighted by Gasteiger charge is -2.43. The van der Waals surface area contributed by atoms with Gasteiger partial charge in [0.15, 0.2) is 0 Å². The Balaban J connectivity index is 1.76. The molecular weight excluding hydrogens is 264 g/mol. The molecule has 4 nitrogen and oxygen atoms in total. The summed E-state index contributed by atoms with van der Waals surface area (Å²) < 4.78 is 0. The van der Waals surface area contributed by atoms with Gasteiger partial charge < -0.3 is 9.80 Å². The maximum Gasteiger partial charge on any atom is 0.250 e. The third kappa shape index (κ3) is 1.88. The van der Waals surface area contributed by atoms with Crippen molar-refractivity contribution in [3.63, 3.8) is 0 Å². The highest BCUT2D eigenvalue weighted by Crippen LogP contribution is 2.44. The molecule has 1 aromatic rings. The zero-order valence-corrected chi connectivity index (χ0v) is 12.2. The molecule has 21 heavy (non-hydrogen) atoms. The van der Waals surface area contributed by atoms with E-state index in [0.29, 0.717) is 5.92 Å². The lowest BCUT2D eigenvalue weighted by Crippen LogP contribution is -2.59. The number of benzene rings is 1. The first-order valence-electron chi connectivity index (χ1n) is 7.86. The van der Waals surface area contributed by atoms with E-state index in [2.05, 4.69) is 6.92 Å². The van der Waals surface area contributed by atoms with Crippen LogP contribution in [0, 0.1) is 5.92 Å². The molecule has 4 atom stereocenters. The van der Waals surface area contributed by atoms with Crippen LogP contribution in [0.15, 0.2) is 30.3 Å². The van der Waals surface area contributed by atoms with Crippen LogP contribution in [0.1, 0.15) is 37.8 Å². The lowest BCUT2D eigenvalue weighted by molar-refractivity contribution is -0.160. The maximum atomic E-state index is 12.9. The predicted molar refractivity (Wildman–Crippen MR) is 78.3 cm³/mol. The number of hydrogen-bond acceptors (Lipinski definition) is 2. The van der Waals surface area contributed by atoms with Gasteiger partial charge in [0.25, 0.3) is 5.91 Å². The van der Waals surface area contributed by atoms with Crippen molar-refractivity contribution in [1.82, 2.24) is 9.80 Å². The molecule has 1 aliphatic carbocycles. The first kappa shape index (κ1) is 12.9. The summed E-state index contributed by atoms with van der Waals surface area (Å²) in [6, 6.07) is 9.39. The van der Waals surface area contributed by atoms with Gasteiger partial charge in [-0.15, -0.1) is 0 Å². The third-order valence-corrected chi connectivity index (χ3v) is 5.13. The molecule has 2 amide bonds. The van der Waals surface area contributed by atoms with Crippen molar-refractivity contribution in [1.29, 1.82) is 0 Å². The van der Waals surface area contributed by atoms with Gasteiger partial charge in [0, 0.05) is 12.6 Å². The summed E-state index contributed by atoms with van der Waals surface area (Å²) in [6.07, 6.45) is 2.79. The number of fused-ring (bicyclic) bond motifs is 1. The van der Waals surface area contributed by atoms with Crippen molar-refractivity contribution in [2.75, 3.05) is 6.54 Å². The van der Waals surface area contributed by atoms with Gasteiger partial charge in [0.05, 0.1) is 0 Å². The fraction of sp³-hybridized carbons (Fsp3) is 0.529. The Bertz CT molecular complexity index is 586. The van der Waals surface area contributed by atoms with Gasteiger partial charge >= 0.3 is 0 Å². The highest BCUT2D eigenvalue weighted by molar-refractivity contribution is 5.98. The molecule has 3 fully saturated rings. The van der Waals surface area contributed by atoms with E-state index in [1.807, 2.05) is 40.1 Å². The summed E-state index contributed by atoms with van der Waals surface area (Å²) in [6.45, 7) is 2.89. The standard InChI is InChI=1S/C17H20N2O2/c1-11-10-14(11)19-15(12-6-3-2-4-7-12)17(21)18-9-5-8-13(18)16(19)20/h2-4,6-7,11,13-15H,5,8-10H2,1H3. The van der Waals surface area contributed by atoms with Gasteiger partial charge in [0.2, 0.25) is 5.91 Å². The van der Waals surface area contributed by atoms with Gasteiger partial charge in [-0.25, -0.2) is 0 Å². The van der Waals surface area contributed by atoms with E-state index in [9.17, 15) is 9.59 Å². The molecule has 0 radical (unpaired) electrons. The van der Waals surface area contributed by atoms with Crippen molar-refractivity contribution in [3.05, 3.63) is 35.9 Å². The Morgan fingerprint density at radius 1 is 1.10 bits per heavy atom. The van der Waals surface area contributed by atoms with Crippen molar-refractivity contribution in [2.45, 2.75) is 44.3 Å². The molecule has 110 valence electrons. The molecule has 0 spiro atoms. The van der Waals surface area contributed by atoms with E-state index < -0.39 is 6.04 Å². The Morgan fingerprint density at radius 3 is 2.48 bits per heavy atom. The number of carbonyl (C=O) groups is 2. The Hall–Kier alpha value is -1.84. The fourth-order valence-electron chi connectivity index (χ4n) is 3.85. The molecule has 2 heterocycles. The average molecular weight is 284 g/mol. The average Bonchev–Trinajstić information content (AvgIpc) is 3.02. The SMILES string of the molecule is CC1CC1N1C(=O)C2CCCN2C(=O)C1c1ccccc1. The van der Waals surface area contributed by atoms with Crippen LogP contribution in [0.25, 0.3) is 0 Å². The fourth-order valence-corrected chi connectivity index (χ4v) is 3.85. The third-order valence-electron chi connectivity index (χ3n) is 5.13. The van der Waals surface area contributed by atoms with Crippen molar-refractivity contribution >= 4 is 11.8 Å². The summed E-state index contributed by atoms with van der Waals surface area (Å²) in [5, 5.41) is 0. The largest absolute Gasteiger partial charge is 0.329 e. The van der Waals surface area contributed by atoms with E-state index in [-0.39, 0.29) is 23.9 Å². The van der Waals surface area contributed by atoms with Crippen LogP contribution in [-0.4, -0.2) is 40.2 Å².